The van der Waals surface area contributed by atoms with E-state index >= 15 is 0 Å². The van der Waals surface area contributed by atoms with E-state index in [2.05, 4.69) is 25.7 Å². The van der Waals surface area contributed by atoms with Crippen molar-refractivity contribution >= 4 is 40.9 Å². The highest BCUT2D eigenvalue weighted by molar-refractivity contribution is 6.06. The van der Waals surface area contributed by atoms with Gasteiger partial charge in [-0.3, -0.25) is 14.6 Å². The molecule has 0 fully saturated rings. The van der Waals surface area contributed by atoms with Crippen LogP contribution in [0.4, 0.5) is 16.3 Å². The molecule has 0 saturated heterocycles. The maximum absolute atomic E-state index is 13.6. The second kappa shape index (κ2) is 13.4. The molecule has 0 aliphatic carbocycles. The molecule has 218 valence electrons. The van der Waals surface area contributed by atoms with E-state index in [1.807, 2.05) is 26.8 Å². The number of esters is 1. The van der Waals surface area contributed by atoms with Gasteiger partial charge in [0.25, 0.3) is 11.8 Å². The van der Waals surface area contributed by atoms with Gasteiger partial charge in [0.05, 0.1) is 11.1 Å². The first-order valence-electron chi connectivity index (χ1n) is 13.3. The van der Waals surface area contributed by atoms with Crippen molar-refractivity contribution in [2.75, 3.05) is 25.2 Å². The number of imide groups is 1. The van der Waals surface area contributed by atoms with Crippen molar-refractivity contribution in [2.24, 2.45) is 0 Å². The lowest BCUT2D eigenvalue weighted by atomic mass is 10.1. The van der Waals surface area contributed by atoms with Gasteiger partial charge in [0.15, 0.2) is 5.82 Å². The van der Waals surface area contributed by atoms with Crippen molar-refractivity contribution in [3.63, 3.8) is 0 Å². The maximum atomic E-state index is 13.6. The summed E-state index contributed by atoms with van der Waals surface area (Å²) in [5.41, 5.74) is 3.52. The minimum Gasteiger partial charge on any atom is -0.424 e. The van der Waals surface area contributed by atoms with Gasteiger partial charge in [-0.25, -0.2) is 24.0 Å². The SMILES string of the molecule is CCCN(C(=O)OCOC(=O)c1ccncc1)C(=O)c1cn2ncnc(Nc3cc(C(=O)NCC)ccc3C)c2c1C. The molecular weight excluding hydrogens is 542 g/mol. The Hall–Kier alpha value is -5.33. The molecule has 0 atom stereocenters. The van der Waals surface area contributed by atoms with E-state index in [-0.39, 0.29) is 23.6 Å². The van der Waals surface area contributed by atoms with Gasteiger partial charge in [-0.15, -0.1) is 0 Å². The third-order valence-electron chi connectivity index (χ3n) is 6.35. The molecule has 4 rings (SSSR count). The first-order chi connectivity index (χ1) is 20.2. The van der Waals surface area contributed by atoms with Gasteiger partial charge in [-0.2, -0.15) is 5.10 Å². The number of aryl methyl sites for hydroxylation is 2. The molecule has 0 bridgehead atoms. The number of carbonyl (C=O) groups is 4. The smallest absolute Gasteiger partial charge is 0.419 e. The molecule has 13 nitrogen and oxygen atoms in total. The van der Waals surface area contributed by atoms with Crippen LogP contribution in [0.25, 0.3) is 5.52 Å². The second-order valence-corrected chi connectivity index (χ2v) is 9.24. The highest BCUT2D eigenvalue weighted by Gasteiger charge is 2.28. The predicted molar refractivity (Wildman–Crippen MR) is 153 cm³/mol. The van der Waals surface area contributed by atoms with Gasteiger partial charge >= 0.3 is 12.1 Å². The lowest BCUT2D eigenvalue weighted by Crippen LogP contribution is -2.38. The van der Waals surface area contributed by atoms with Crippen LogP contribution in [0, 0.1) is 13.8 Å². The lowest BCUT2D eigenvalue weighted by Gasteiger charge is -2.19. The number of hydrogen-bond donors (Lipinski definition) is 2. The van der Waals surface area contributed by atoms with Crippen LogP contribution in [0.5, 0.6) is 0 Å². The predicted octanol–water partition coefficient (Wildman–Crippen LogP) is 4.04. The van der Waals surface area contributed by atoms with E-state index in [0.29, 0.717) is 41.1 Å². The number of amides is 3. The van der Waals surface area contributed by atoms with Gasteiger partial charge < -0.3 is 20.1 Å². The topological polar surface area (TPSA) is 157 Å². The largest absolute Gasteiger partial charge is 0.424 e. The molecule has 42 heavy (non-hydrogen) atoms. The third-order valence-corrected chi connectivity index (χ3v) is 6.35. The summed E-state index contributed by atoms with van der Waals surface area (Å²) in [6.07, 6.45) is 5.23. The van der Waals surface area contributed by atoms with Gasteiger partial charge in [0, 0.05) is 42.9 Å². The molecule has 3 amide bonds. The van der Waals surface area contributed by atoms with Crippen molar-refractivity contribution in [2.45, 2.75) is 34.1 Å². The molecule has 0 saturated carbocycles. The molecular formula is C29H31N7O6. The van der Waals surface area contributed by atoms with Crippen LogP contribution in [-0.4, -0.2) is 68.2 Å². The summed E-state index contributed by atoms with van der Waals surface area (Å²) in [5, 5.41) is 10.3. The fourth-order valence-corrected chi connectivity index (χ4v) is 4.18. The van der Waals surface area contributed by atoms with Gasteiger partial charge in [0.1, 0.15) is 11.8 Å². The van der Waals surface area contributed by atoms with Crippen molar-refractivity contribution in [1.82, 2.24) is 29.8 Å². The minimum absolute atomic E-state index is 0.0736. The standard InChI is InChI=1S/C29H31N7O6/c1-5-13-35(29(40)42-17-41-28(39)20-9-11-30-12-10-20)27(38)22-15-36-24(19(22)4)25(32-16-33-36)34-23-14-21(8-7-18(23)3)26(37)31-6-2/h7-12,14-16H,5-6,13,17H2,1-4H3,(H,31,37)(H,32,33,34). The average Bonchev–Trinajstić information content (AvgIpc) is 3.34. The van der Waals surface area contributed by atoms with Crippen LogP contribution in [0.15, 0.2) is 55.2 Å². The number of hydrogen-bond acceptors (Lipinski definition) is 10. The Balaban J connectivity index is 1.55. The second-order valence-electron chi connectivity index (χ2n) is 9.24. The number of fused-ring (bicyclic) bond motifs is 1. The number of nitrogens with zero attached hydrogens (tertiary/aromatic N) is 5. The summed E-state index contributed by atoms with van der Waals surface area (Å²) in [7, 11) is 0. The zero-order valence-corrected chi connectivity index (χ0v) is 23.7. The van der Waals surface area contributed by atoms with Crippen molar-refractivity contribution in [1.29, 1.82) is 0 Å². The fraction of sp³-hybridized carbons (Fsp3) is 0.276. The van der Waals surface area contributed by atoms with E-state index in [1.54, 1.807) is 19.1 Å². The Labute approximate surface area is 241 Å². The third kappa shape index (κ3) is 6.52. The number of anilines is 2. The normalized spacial score (nSPS) is 10.7. The Morgan fingerprint density at radius 3 is 2.48 bits per heavy atom. The number of ether oxygens (including phenoxy) is 2. The number of benzene rings is 1. The summed E-state index contributed by atoms with van der Waals surface area (Å²) in [6, 6.07) is 8.22. The molecule has 0 spiro atoms. The average molecular weight is 574 g/mol. The van der Waals surface area contributed by atoms with Crippen LogP contribution in [-0.2, 0) is 9.47 Å². The van der Waals surface area contributed by atoms with Crippen molar-refractivity contribution in [3.8, 4) is 0 Å². The van der Waals surface area contributed by atoms with Crippen LogP contribution in [0.1, 0.15) is 62.5 Å². The first kappa shape index (κ1) is 29.6. The van der Waals surface area contributed by atoms with E-state index < -0.39 is 24.8 Å². The monoisotopic (exact) mass is 573 g/mol. The highest BCUT2D eigenvalue weighted by atomic mass is 16.7. The minimum atomic E-state index is -0.957. The van der Waals surface area contributed by atoms with Crippen LogP contribution in [0.2, 0.25) is 0 Å². The summed E-state index contributed by atoms with van der Waals surface area (Å²) in [5.74, 6) is -1.09. The van der Waals surface area contributed by atoms with E-state index in [1.165, 1.54) is 41.6 Å². The van der Waals surface area contributed by atoms with Gasteiger partial charge in [-0.1, -0.05) is 13.0 Å². The van der Waals surface area contributed by atoms with Crippen LogP contribution < -0.4 is 10.6 Å². The highest BCUT2D eigenvalue weighted by Crippen LogP contribution is 2.28. The quantitative estimate of drug-likeness (QED) is 0.210. The van der Waals surface area contributed by atoms with Crippen LogP contribution >= 0.6 is 0 Å². The van der Waals surface area contributed by atoms with Crippen molar-refractivity contribution < 1.29 is 28.7 Å². The molecule has 4 aromatic rings. The summed E-state index contributed by atoms with van der Waals surface area (Å²) >= 11 is 0. The van der Waals surface area contributed by atoms with E-state index in [9.17, 15) is 19.2 Å². The van der Waals surface area contributed by atoms with Gasteiger partial charge in [-0.05, 0) is 62.6 Å². The summed E-state index contributed by atoms with van der Waals surface area (Å²) < 4.78 is 11.6. The number of pyridine rings is 1. The van der Waals surface area contributed by atoms with Crippen LogP contribution in [0.3, 0.4) is 0 Å². The molecule has 0 unspecified atom stereocenters. The maximum Gasteiger partial charge on any atom is 0.419 e. The molecule has 3 heterocycles. The zero-order chi connectivity index (χ0) is 30.2. The summed E-state index contributed by atoms with van der Waals surface area (Å²) in [6.45, 7) is 7.18. The molecule has 3 aromatic heterocycles. The molecule has 0 radical (unpaired) electrons. The zero-order valence-electron chi connectivity index (χ0n) is 23.7. The molecule has 13 heteroatoms. The van der Waals surface area contributed by atoms with E-state index in [4.69, 9.17) is 9.47 Å². The number of rotatable bonds is 10. The summed E-state index contributed by atoms with van der Waals surface area (Å²) in [4.78, 5) is 60.1. The van der Waals surface area contributed by atoms with Gasteiger partial charge in [0.2, 0.25) is 6.79 Å². The lowest BCUT2D eigenvalue weighted by molar-refractivity contribution is -0.0105. The Kier molecular flexibility index (Phi) is 9.42. The number of carbonyl (C=O) groups excluding carboxylic acids is 4. The Bertz CT molecular complexity index is 1620. The number of nitrogens with one attached hydrogen (secondary N) is 2. The molecule has 0 aliphatic rings. The Morgan fingerprint density at radius 1 is 1.00 bits per heavy atom. The number of aromatic nitrogens is 4. The Morgan fingerprint density at radius 2 is 1.76 bits per heavy atom. The van der Waals surface area contributed by atoms with Crippen molar-refractivity contribution in [3.05, 3.63) is 83.1 Å². The first-order valence-corrected chi connectivity index (χ1v) is 13.3. The molecule has 2 N–H and O–H groups in total. The molecule has 1 aromatic carbocycles. The molecule has 0 aliphatic heterocycles. The van der Waals surface area contributed by atoms with E-state index in [0.717, 1.165) is 10.5 Å². The fourth-order valence-electron chi connectivity index (χ4n) is 4.18.